The highest BCUT2D eigenvalue weighted by atomic mass is 19.4. The molecule has 0 amide bonds. The second kappa shape index (κ2) is 5.74. The van der Waals surface area contributed by atoms with E-state index in [2.05, 4.69) is 15.2 Å². The molecule has 0 saturated heterocycles. The molecule has 0 spiro atoms. The molecule has 1 N–H and O–H groups in total. The minimum absolute atomic E-state index is 0.0901. The molecule has 0 aliphatic heterocycles. The van der Waals surface area contributed by atoms with Crippen LogP contribution in [0.15, 0.2) is 12.4 Å². The molecule has 0 aliphatic rings. The number of rotatable bonds is 6. The quantitative estimate of drug-likeness (QED) is 0.767. The van der Waals surface area contributed by atoms with E-state index in [4.69, 9.17) is 0 Å². The van der Waals surface area contributed by atoms with E-state index >= 15 is 0 Å². The predicted molar refractivity (Wildman–Crippen MR) is 53.2 cm³/mol. The van der Waals surface area contributed by atoms with Crippen molar-refractivity contribution < 1.29 is 17.9 Å². The zero-order valence-electron chi connectivity index (χ0n) is 8.92. The second-order valence-electron chi connectivity index (χ2n) is 3.35. The molecule has 16 heavy (non-hydrogen) atoms. The lowest BCUT2D eigenvalue weighted by Crippen LogP contribution is -2.18. The van der Waals surface area contributed by atoms with Crippen molar-refractivity contribution in [3.8, 4) is 0 Å². The van der Waals surface area contributed by atoms with Crippen molar-refractivity contribution >= 4 is 5.69 Å². The maximum Gasteiger partial charge on any atom is 0.411 e. The summed E-state index contributed by atoms with van der Waals surface area (Å²) in [6, 6.07) is 0. The Bertz CT molecular complexity index is 311. The summed E-state index contributed by atoms with van der Waals surface area (Å²) in [5.41, 5.74) is 0.846. The van der Waals surface area contributed by atoms with Crippen LogP contribution in [0.2, 0.25) is 0 Å². The van der Waals surface area contributed by atoms with Gasteiger partial charge < -0.3 is 10.1 Å². The third kappa shape index (κ3) is 5.59. The maximum atomic E-state index is 11.7. The monoisotopic (exact) mass is 237 g/mol. The molecule has 7 heteroatoms. The first-order chi connectivity index (χ1) is 7.47. The Hall–Kier alpha value is -1.24. The maximum absolute atomic E-state index is 11.7. The number of hydrogen-bond acceptors (Lipinski definition) is 3. The van der Waals surface area contributed by atoms with Gasteiger partial charge in [0.2, 0.25) is 0 Å². The van der Waals surface area contributed by atoms with E-state index in [1.54, 1.807) is 24.1 Å². The molecule has 1 aromatic heterocycles. The summed E-state index contributed by atoms with van der Waals surface area (Å²) in [5.74, 6) is 0. The van der Waals surface area contributed by atoms with Gasteiger partial charge in [0.1, 0.15) is 6.61 Å². The van der Waals surface area contributed by atoms with Crippen molar-refractivity contribution in [1.29, 1.82) is 0 Å². The highest BCUT2D eigenvalue weighted by Gasteiger charge is 2.27. The fraction of sp³-hybridized carbons (Fsp3) is 0.667. The summed E-state index contributed by atoms with van der Waals surface area (Å²) in [6.07, 6.45) is -0.283. The fourth-order valence-electron chi connectivity index (χ4n) is 1.11. The molecule has 0 bridgehead atoms. The first-order valence-electron chi connectivity index (χ1n) is 4.84. The first kappa shape index (κ1) is 12.8. The lowest BCUT2D eigenvalue weighted by atomic mass is 10.4. The van der Waals surface area contributed by atoms with E-state index in [0.29, 0.717) is 13.0 Å². The third-order valence-corrected chi connectivity index (χ3v) is 1.77. The standard InChI is InChI=1S/C9H14F3N3O/c1-15-6-8(5-14-15)13-3-2-4-16-7-9(10,11)12/h5-6,13H,2-4,7H2,1H3. The molecule has 0 aromatic carbocycles. The minimum atomic E-state index is -4.24. The second-order valence-corrected chi connectivity index (χ2v) is 3.35. The summed E-state index contributed by atoms with van der Waals surface area (Å²) in [7, 11) is 1.79. The molecule has 1 heterocycles. The van der Waals surface area contributed by atoms with Crippen LogP contribution in [-0.4, -0.2) is 35.7 Å². The number of aromatic nitrogens is 2. The summed E-state index contributed by atoms with van der Waals surface area (Å²) in [4.78, 5) is 0. The van der Waals surface area contributed by atoms with Gasteiger partial charge in [-0.05, 0) is 6.42 Å². The highest BCUT2D eigenvalue weighted by molar-refractivity contribution is 5.37. The van der Waals surface area contributed by atoms with Gasteiger partial charge in [-0.25, -0.2) is 0 Å². The van der Waals surface area contributed by atoms with Crippen molar-refractivity contribution in [2.45, 2.75) is 12.6 Å². The molecule has 0 unspecified atom stereocenters. The van der Waals surface area contributed by atoms with E-state index in [-0.39, 0.29) is 6.61 Å². The Morgan fingerprint density at radius 2 is 2.25 bits per heavy atom. The summed E-state index contributed by atoms with van der Waals surface area (Å²) >= 11 is 0. The van der Waals surface area contributed by atoms with Crippen LogP contribution in [0.1, 0.15) is 6.42 Å². The topological polar surface area (TPSA) is 39.1 Å². The van der Waals surface area contributed by atoms with Crippen LogP contribution in [0.5, 0.6) is 0 Å². The number of anilines is 1. The molecule has 0 radical (unpaired) electrons. The lowest BCUT2D eigenvalue weighted by Gasteiger charge is -2.07. The molecular weight excluding hydrogens is 223 g/mol. The van der Waals surface area contributed by atoms with Gasteiger partial charge in [0.05, 0.1) is 11.9 Å². The van der Waals surface area contributed by atoms with E-state index < -0.39 is 12.8 Å². The van der Waals surface area contributed by atoms with Crippen molar-refractivity contribution in [1.82, 2.24) is 9.78 Å². The van der Waals surface area contributed by atoms with Crippen LogP contribution in [0.3, 0.4) is 0 Å². The third-order valence-electron chi connectivity index (χ3n) is 1.77. The van der Waals surface area contributed by atoms with Gasteiger partial charge in [0, 0.05) is 26.4 Å². The molecule has 0 fully saturated rings. The zero-order chi connectivity index (χ0) is 12.0. The van der Waals surface area contributed by atoms with E-state index in [1.165, 1.54) is 0 Å². The van der Waals surface area contributed by atoms with Gasteiger partial charge in [-0.1, -0.05) is 0 Å². The van der Waals surface area contributed by atoms with Crippen LogP contribution in [0.25, 0.3) is 0 Å². The Morgan fingerprint density at radius 3 is 2.81 bits per heavy atom. The van der Waals surface area contributed by atoms with Gasteiger partial charge in [-0.3, -0.25) is 4.68 Å². The van der Waals surface area contributed by atoms with Crippen LogP contribution < -0.4 is 5.32 Å². The molecule has 0 atom stereocenters. The number of nitrogens with one attached hydrogen (secondary N) is 1. The van der Waals surface area contributed by atoms with Crippen molar-refractivity contribution in [2.24, 2.45) is 7.05 Å². The average molecular weight is 237 g/mol. The van der Waals surface area contributed by atoms with Crippen molar-refractivity contribution in [3.05, 3.63) is 12.4 Å². The Labute approximate surface area is 91.4 Å². The number of halogens is 3. The Balaban J connectivity index is 2.00. The Kier molecular flexibility index (Phi) is 4.60. The summed E-state index contributed by atoms with van der Waals surface area (Å²) in [6.45, 7) is -0.532. The number of alkyl halides is 3. The Morgan fingerprint density at radius 1 is 1.50 bits per heavy atom. The minimum Gasteiger partial charge on any atom is -0.382 e. The first-order valence-corrected chi connectivity index (χ1v) is 4.84. The van der Waals surface area contributed by atoms with Crippen LogP contribution in [-0.2, 0) is 11.8 Å². The van der Waals surface area contributed by atoms with E-state index in [1.807, 2.05) is 0 Å². The number of ether oxygens (including phenoxy) is 1. The molecular formula is C9H14F3N3O. The van der Waals surface area contributed by atoms with Crippen molar-refractivity contribution in [2.75, 3.05) is 25.1 Å². The molecule has 1 aromatic rings. The van der Waals surface area contributed by atoms with Gasteiger partial charge >= 0.3 is 6.18 Å². The zero-order valence-corrected chi connectivity index (χ0v) is 8.92. The van der Waals surface area contributed by atoms with Crippen LogP contribution in [0, 0.1) is 0 Å². The summed E-state index contributed by atoms with van der Waals surface area (Å²) in [5, 5.41) is 6.96. The predicted octanol–water partition coefficient (Wildman–Crippen LogP) is 1.80. The molecule has 1 rings (SSSR count). The van der Waals surface area contributed by atoms with Crippen LogP contribution >= 0.6 is 0 Å². The average Bonchev–Trinajstić information content (AvgIpc) is 2.56. The lowest BCUT2D eigenvalue weighted by molar-refractivity contribution is -0.173. The molecule has 4 nitrogen and oxygen atoms in total. The smallest absolute Gasteiger partial charge is 0.382 e. The van der Waals surface area contributed by atoms with E-state index in [9.17, 15) is 13.2 Å². The highest BCUT2D eigenvalue weighted by Crippen LogP contribution is 2.14. The number of hydrogen-bond donors (Lipinski definition) is 1. The number of nitrogens with zero attached hydrogens (tertiary/aromatic N) is 2. The van der Waals surface area contributed by atoms with Gasteiger partial charge in [-0.2, -0.15) is 18.3 Å². The molecule has 0 saturated carbocycles. The van der Waals surface area contributed by atoms with Gasteiger partial charge in [0.15, 0.2) is 0 Å². The molecule has 92 valence electrons. The summed E-state index contributed by atoms with van der Waals surface area (Å²) < 4.78 is 41.1. The van der Waals surface area contributed by atoms with E-state index in [0.717, 1.165) is 5.69 Å². The number of aryl methyl sites for hydroxylation is 1. The van der Waals surface area contributed by atoms with Gasteiger partial charge in [0.25, 0.3) is 0 Å². The van der Waals surface area contributed by atoms with Crippen molar-refractivity contribution in [3.63, 3.8) is 0 Å². The normalized spacial score (nSPS) is 11.8. The SMILES string of the molecule is Cn1cc(NCCCOCC(F)(F)F)cn1. The van der Waals surface area contributed by atoms with Crippen LogP contribution in [0.4, 0.5) is 18.9 Å². The fourth-order valence-corrected chi connectivity index (χ4v) is 1.11. The largest absolute Gasteiger partial charge is 0.411 e. The van der Waals surface area contributed by atoms with Gasteiger partial charge in [-0.15, -0.1) is 0 Å². The molecule has 0 aliphatic carbocycles.